The van der Waals surface area contributed by atoms with E-state index in [4.69, 9.17) is 43.1 Å². The van der Waals surface area contributed by atoms with Gasteiger partial charge in [0.1, 0.15) is 18.8 Å². The van der Waals surface area contributed by atoms with Crippen LogP contribution in [0.5, 0.6) is 0 Å². The summed E-state index contributed by atoms with van der Waals surface area (Å²) in [7, 11) is 0. The number of halogens is 2. The molecule has 3 N–H and O–H groups in total. The molecule has 6 rings (SSSR count). The third-order valence-electron chi connectivity index (χ3n) is 10.1. The van der Waals surface area contributed by atoms with Crippen molar-refractivity contribution in [2.24, 2.45) is 17.6 Å². The smallest absolute Gasteiger partial charge is 0.410 e. The lowest BCUT2D eigenvalue weighted by Crippen LogP contribution is -2.44. The van der Waals surface area contributed by atoms with Crippen molar-refractivity contribution >= 4 is 41.5 Å². The zero-order valence-corrected chi connectivity index (χ0v) is 34.5. The van der Waals surface area contributed by atoms with Crippen LogP contribution in [0.25, 0.3) is 0 Å². The predicted molar refractivity (Wildman–Crippen MR) is 224 cm³/mol. The molecule has 12 heteroatoms. The van der Waals surface area contributed by atoms with Gasteiger partial charge in [0.2, 0.25) is 0 Å². The molecule has 3 amide bonds. The van der Waals surface area contributed by atoms with Crippen LogP contribution in [-0.4, -0.2) is 59.9 Å². The van der Waals surface area contributed by atoms with Crippen molar-refractivity contribution in [2.45, 2.75) is 77.4 Å². The minimum absolute atomic E-state index is 0.0280. The van der Waals surface area contributed by atoms with Gasteiger partial charge in [-0.3, -0.25) is 0 Å². The van der Waals surface area contributed by atoms with Crippen molar-refractivity contribution in [1.29, 1.82) is 0 Å². The molecule has 2 aliphatic rings. The number of nitrogens with zero attached hydrogens (tertiary/aromatic N) is 2. The van der Waals surface area contributed by atoms with Crippen LogP contribution in [0.15, 0.2) is 109 Å². The number of carbonyl (C=O) groups is 3. The molecule has 0 radical (unpaired) electrons. The van der Waals surface area contributed by atoms with Crippen LogP contribution < -0.4 is 11.1 Å². The third-order valence-corrected chi connectivity index (χ3v) is 10.6. The van der Waals surface area contributed by atoms with Crippen LogP contribution >= 0.6 is 23.2 Å². The van der Waals surface area contributed by atoms with Crippen LogP contribution in [0.3, 0.4) is 0 Å². The Morgan fingerprint density at radius 2 is 1.05 bits per heavy atom. The number of hydrogen-bond donors (Lipinski definition) is 2. The predicted octanol–water partition coefficient (Wildman–Crippen LogP) is 10.3. The minimum Gasteiger partial charge on any atom is -0.445 e. The lowest BCUT2D eigenvalue weighted by atomic mass is 9.85. The molecule has 304 valence electrons. The van der Waals surface area contributed by atoms with Crippen molar-refractivity contribution < 1.29 is 28.6 Å². The number of alkyl carbamates (subject to hydrolysis) is 1. The highest BCUT2D eigenvalue weighted by atomic mass is 35.5. The van der Waals surface area contributed by atoms with Crippen molar-refractivity contribution in [1.82, 2.24) is 15.1 Å². The molecule has 2 unspecified atom stereocenters. The van der Waals surface area contributed by atoms with E-state index in [2.05, 4.69) is 5.32 Å². The number of hydrogen-bond acceptors (Lipinski definition) is 7. The molecule has 0 aliphatic carbocycles. The first-order chi connectivity index (χ1) is 27.3. The summed E-state index contributed by atoms with van der Waals surface area (Å²) in [4.78, 5) is 40.7. The lowest BCUT2D eigenvalue weighted by Gasteiger charge is -2.36. The molecule has 2 heterocycles. The summed E-state index contributed by atoms with van der Waals surface area (Å²) in [5.41, 5.74) is 9.83. The second-order valence-corrected chi connectivity index (χ2v) is 16.4. The molecule has 2 saturated heterocycles. The van der Waals surface area contributed by atoms with Crippen LogP contribution in [0.2, 0.25) is 10.0 Å². The molecule has 10 nitrogen and oxygen atoms in total. The highest BCUT2D eigenvalue weighted by Crippen LogP contribution is 2.33. The Morgan fingerprint density at radius 3 is 1.47 bits per heavy atom. The fourth-order valence-corrected chi connectivity index (χ4v) is 7.26. The fourth-order valence-electron chi connectivity index (χ4n) is 7.01. The summed E-state index contributed by atoms with van der Waals surface area (Å²) in [6.07, 6.45) is 2.22. The van der Waals surface area contributed by atoms with E-state index in [1.54, 1.807) is 9.80 Å². The highest BCUT2D eigenvalue weighted by Gasteiger charge is 2.32. The summed E-state index contributed by atoms with van der Waals surface area (Å²) >= 11 is 12.0. The molecule has 0 saturated carbocycles. The first-order valence-electron chi connectivity index (χ1n) is 19.5. The molecule has 4 aromatic carbocycles. The van der Waals surface area contributed by atoms with Gasteiger partial charge in [0.25, 0.3) is 0 Å². The summed E-state index contributed by atoms with van der Waals surface area (Å²) in [5.74, 6) is 0.515. The van der Waals surface area contributed by atoms with E-state index in [-0.39, 0.29) is 36.8 Å². The molecule has 0 aromatic heterocycles. The van der Waals surface area contributed by atoms with Gasteiger partial charge in [0.05, 0.1) is 6.04 Å². The molecule has 2 fully saturated rings. The van der Waals surface area contributed by atoms with E-state index in [0.29, 0.717) is 48.7 Å². The Labute approximate surface area is 346 Å². The Kier molecular flexibility index (Phi) is 16.1. The average molecular weight is 818 g/mol. The van der Waals surface area contributed by atoms with Gasteiger partial charge in [-0.2, -0.15) is 0 Å². The van der Waals surface area contributed by atoms with Gasteiger partial charge in [0, 0.05) is 42.3 Å². The molecular formula is C45H54Cl2N4O6. The first-order valence-corrected chi connectivity index (χ1v) is 20.3. The van der Waals surface area contributed by atoms with E-state index in [9.17, 15) is 14.4 Å². The van der Waals surface area contributed by atoms with Crippen LogP contribution in [0.4, 0.5) is 14.4 Å². The largest absolute Gasteiger partial charge is 0.445 e. The van der Waals surface area contributed by atoms with Gasteiger partial charge in [-0.15, -0.1) is 0 Å². The molecule has 57 heavy (non-hydrogen) atoms. The summed E-state index contributed by atoms with van der Waals surface area (Å²) in [6.45, 7) is 8.57. The Morgan fingerprint density at radius 1 is 0.649 bits per heavy atom. The maximum Gasteiger partial charge on any atom is 0.410 e. The van der Waals surface area contributed by atoms with E-state index in [1.807, 2.05) is 130 Å². The van der Waals surface area contributed by atoms with Gasteiger partial charge >= 0.3 is 18.3 Å². The summed E-state index contributed by atoms with van der Waals surface area (Å²) in [5, 5.41) is 4.39. The van der Waals surface area contributed by atoms with E-state index in [1.165, 1.54) is 0 Å². The number of piperidine rings is 2. The third kappa shape index (κ3) is 14.0. The lowest BCUT2D eigenvalue weighted by molar-refractivity contribution is 0.0449. The number of likely N-dealkylation sites (tertiary alicyclic amines) is 2. The van der Waals surface area contributed by atoms with E-state index >= 15 is 0 Å². The average Bonchev–Trinajstić information content (AvgIpc) is 3.22. The van der Waals surface area contributed by atoms with Crippen molar-refractivity contribution in [2.75, 3.05) is 26.2 Å². The number of nitrogens with one attached hydrogen (secondary N) is 1. The zero-order valence-electron chi connectivity index (χ0n) is 32.9. The quantitative estimate of drug-likeness (QED) is 0.161. The maximum absolute atomic E-state index is 12.5. The Hall–Kier alpha value is -4.77. The minimum atomic E-state index is -0.583. The zero-order chi connectivity index (χ0) is 40.8. The first kappa shape index (κ1) is 43.4. The summed E-state index contributed by atoms with van der Waals surface area (Å²) in [6, 6.07) is 34.3. The number of rotatable bonds is 9. The normalized spacial score (nSPS) is 16.0. The Balaban J connectivity index is 0.000000224. The van der Waals surface area contributed by atoms with E-state index < -0.39 is 11.7 Å². The van der Waals surface area contributed by atoms with Crippen LogP contribution in [0, 0.1) is 11.8 Å². The van der Waals surface area contributed by atoms with Gasteiger partial charge in [0.15, 0.2) is 0 Å². The molecule has 2 atom stereocenters. The number of benzene rings is 4. The SMILES string of the molecule is CC(C)(C)OC(=O)NC(c1ccc(Cl)cc1)C1CCN(C(=O)OCc2ccccc2)CC1.NC(c1ccc(Cl)cc1)C1CCN(C(=O)OCc2ccccc2)CC1. The van der Waals surface area contributed by atoms with Gasteiger partial charge < -0.3 is 35.1 Å². The highest BCUT2D eigenvalue weighted by molar-refractivity contribution is 6.30. The van der Waals surface area contributed by atoms with E-state index in [0.717, 1.165) is 47.9 Å². The molecule has 0 bridgehead atoms. The molecular weight excluding hydrogens is 763 g/mol. The second-order valence-electron chi connectivity index (χ2n) is 15.5. The fraction of sp³-hybridized carbons (Fsp3) is 0.400. The van der Waals surface area contributed by atoms with Gasteiger partial charge in [-0.05, 0) is 105 Å². The molecule has 2 aliphatic heterocycles. The number of nitrogens with two attached hydrogens (primary N) is 1. The number of ether oxygens (including phenoxy) is 3. The van der Waals surface area contributed by atoms with Crippen molar-refractivity contribution in [3.63, 3.8) is 0 Å². The monoisotopic (exact) mass is 816 g/mol. The van der Waals surface area contributed by atoms with Crippen molar-refractivity contribution in [3.8, 4) is 0 Å². The Bertz CT molecular complexity index is 1840. The molecule has 0 spiro atoms. The number of carbonyl (C=O) groups excluding carboxylic acids is 3. The number of amides is 3. The van der Waals surface area contributed by atoms with Crippen LogP contribution in [-0.2, 0) is 27.4 Å². The molecule has 4 aromatic rings. The maximum atomic E-state index is 12.5. The standard InChI is InChI=1S/C25H31ClN2O4.C20H23ClN2O2/c1-25(2,3)32-23(29)27-22(19-9-11-21(26)12-10-19)20-13-15-28(16-14-20)24(30)31-17-18-7-5-4-6-8-18;21-18-8-6-16(7-9-18)19(22)17-10-12-23(13-11-17)20(24)25-14-15-4-2-1-3-5-15/h4-12,20,22H,13-17H2,1-3H3,(H,27,29);1-9,17,19H,10-14,22H2. The summed E-state index contributed by atoms with van der Waals surface area (Å²) < 4.78 is 16.3. The second kappa shape index (κ2) is 21.1. The van der Waals surface area contributed by atoms with Gasteiger partial charge in [-0.25, -0.2) is 14.4 Å². The van der Waals surface area contributed by atoms with Crippen LogP contribution in [0.1, 0.15) is 80.8 Å². The topological polar surface area (TPSA) is 123 Å². The van der Waals surface area contributed by atoms with Gasteiger partial charge in [-0.1, -0.05) is 108 Å². The van der Waals surface area contributed by atoms with Crippen molar-refractivity contribution in [3.05, 3.63) is 141 Å².